The number of pyridine rings is 1. The van der Waals surface area contributed by atoms with Crippen LogP contribution in [0.4, 0.5) is 34.6 Å². The Morgan fingerprint density at radius 2 is 1.75 bits per heavy atom. The molecule has 5 aromatic rings. The van der Waals surface area contributed by atoms with Crippen molar-refractivity contribution in [1.82, 2.24) is 24.9 Å². The number of nitrogens with one attached hydrogen (secondary N) is 2. The molecule has 48 heavy (non-hydrogen) atoms. The summed E-state index contributed by atoms with van der Waals surface area (Å²) in [5.74, 6) is -1.40. The number of halogens is 5. The van der Waals surface area contributed by atoms with E-state index in [2.05, 4.69) is 51.6 Å². The lowest BCUT2D eigenvalue weighted by Gasteiger charge is -2.40. The first-order valence-corrected chi connectivity index (χ1v) is 15.8. The normalized spacial score (nSPS) is 15.3. The van der Waals surface area contributed by atoms with Gasteiger partial charge in [0, 0.05) is 40.9 Å². The largest absolute Gasteiger partial charge is 0.419 e. The van der Waals surface area contributed by atoms with Crippen LogP contribution in [-0.4, -0.2) is 43.5 Å². The van der Waals surface area contributed by atoms with Crippen LogP contribution in [0.25, 0.3) is 10.9 Å². The summed E-state index contributed by atoms with van der Waals surface area (Å²) in [5.41, 5.74) is 1.33. The molecule has 0 radical (unpaired) electrons. The van der Waals surface area contributed by atoms with Crippen LogP contribution in [0.5, 0.6) is 0 Å². The highest BCUT2D eigenvalue weighted by atomic mass is 35.5. The summed E-state index contributed by atoms with van der Waals surface area (Å²) in [5, 5.41) is 26.1. The first-order valence-electron chi connectivity index (χ1n) is 15.5. The highest BCUT2D eigenvalue weighted by Crippen LogP contribution is 2.39. The summed E-state index contributed by atoms with van der Waals surface area (Å²) in [7, 11) is 0. The van der Waals surface area contributed by atoms with Gasteiger partial charge in [0.15, 0.2) is 0 Å². The molecule has 0 spiro atoms. The highest BCUT2D eigenvalue weighted by molar-refractivity contribution is 6.32. The zero-order valence-corrected chi connectivity index (χ0v) is 27.2. The van der Waals surface area contributed by atoms with Gasteiger partial charge in [-0.1, -0.05) is 47.1 Å². The van der Waals surface area contributed by atoms with Crippen LogP contribution in [0.3, 0.4) is 0 Å². The molecule has 1 atom stereocenters. The topological polar surface area (TPSA) is 94.7 Å². The van der Waals surface area contributed by atoms with Gasteiger partial charge in [0.2, 0.25) is 0 Å². The SMILES string of the molecule is CC(C)(C)N1CCC(n2cc([C@@H](Nc3cc(Cl)cc4c(Nc5ccc(F)c(C(F)(F)F)c5)c(C#N)cnc34)c3ccccc3)nn2)CC1. The Morgan fingerprint density at radius 1 is 1.02 bits per heavy atom. The number of likely N-dealkylation sites (tertiary alicyclic amines) is 1. The predicted octanol–water partition coefficient (Wildman–Crippen LogP) is 8.89. The first-order chi connectivity index (χ1) is 22.8. The Bertz CT molecular complexity index is 1970. The third-order valence-corrected chi connectivity index (χ3v) is 8.86. The van der Waals surface area contributed by atoms with Crippen molar-refractivity contribution >= 4 is 39.6 Å². The molecule has 0 unspecified atom stereocenters. The van der Waals surface area contributed by atoms with Crippen LogP contribution < -0.4 is 10.6 Å². The van der Waals surface area contributed by atoms with Gasteiger partial charge < -0.3 is 10.6 Å². The molecule has 6 rings (SSSR count). The number of aromatic nitrogens is 4. The molecule has 13 heteroatoms. The monoisotopic (exact) mass is 676 g/mol. The van der Waals surface area contributed by atoms with Crippen LogP contribution in [0.15, 0.2) is 73.1 Å². The summed E-state index contributed by atoms with van der Waals surface area (Å²) in [6.07, 6.45) is 0.272. The third-order valence-electron chi connectivity index (χ3n) is 8.64. The lowest BCUT2D eigenvalue weighted by Crippen LogP contribution is -2.46. The van der Waals surface area contributed by atoms with Crippen molar-refractivity contribution in [2.45, 2.75) is 57.4 Å². The molecule has 1 fully saturated rings. The lowest BCUT2D eigenvalue weighted by atomic mass is 9.98. The fraction of sp³-hybridized carbons (Fsp3) is 0.314. The number of nitriles is 1. The maximum Gasteiger partial charge on any atom is 0.419 e. The maximum atomic E-state index is 14.0. The lowest BCUT2D eigenvalue weighted by molar-refractivity contribution is -0.139. The zero-order valence-electron chi connectivity index (χ0n) is 26.5. The molecule has 0 saturated carbocycles. The number of hydrogen-bond donors (Lipinski definition) is 2. The molecular weight excluding hydrogens is 644 g/mol. The summed E-state index contributed by atoms with van der Waals surface area (Å²) in [6, 6.07) is 17.3. The van der Waals surface area contributed by atoms with Crippen molar-refractivity contribution in [2.24, 2.45) is 0 Å². The van der Waals surface area contributed by atoms with Crippen LogP contribution in [0.1, 0.15) is 68.1 Å². The van der Waals surface area contributed by atoms with E-state index < -0.39 is 23.6 Å². The van der Waals surface area contributed by atoms with E-state index in [9.17, 15) is 22.8 Å². The van der Waals surface area contributed by atoms with Crippen molar-refractivity contribution in [1.29, 1.82) is 5.26 Å². The summed E-state index contributed by atoms with van der Waals surface area (Å²) in [4.78, 5) is 7.01. The Balaban J connectivity index is 1.37. The molecule has 1 saturated heterocycles. The van der Waals surface area contributed by atoms with Crippen molar-refractivity contribution in [2.75, 3.05) is 23.7 Å². The van der Waals surface area contributed by atoms with E-state index in [1.54, 1.807) is 12.1 Å². The zero-order chi connectivity index (χ0) is 34.2. The first kappa shape index (κ1) is 33.2. The van der Waals surface area contributed by atoms with Crippen LogP contribution in [0.2, 0.25) is 5.02 Å². The van der Waals surface area contributed by atoms with Crippen LogP contribution >= 0.6 is 11.6 Å². The number of hydrogen-bond acceptors (Lipinski definition) is 7. The van der Waals surface area contributed by atoms with E-state index in [0.29, 0.717) is 33.4 Å². The molecule has 248 valence electrons. The van der Waals surface area contributed by atoms with Gasteiger partial charge in [0.25, 0.3) is 0 Å². The number of rotatable bonds is 7. The molecular formula is C35H33ClF4N8. The van der Waals surface area contributed by atoms with Gasteiger partial charge in [-0.3, -0.25) is 9.88 Å². The van der Waals surface area contributed by atoms with Gasteiger partial charge in [-0.2, -0.15) is 18.4 Å². The van der Waals surface area contributed by atoms with E-state index in [4.69, 9.17) is 11.6 Å². The molecule has 2 aromatic heterocycles. The minimum atomic E-state index is -4.90. The number of anilines is 3. The van der Waals surface area contributed by atoms with Gasteiger partial charge in [-0.15, -0.1) is 5.10 Å². The van der Waals surface area contributed by atoms with E-state index in [1.807, 2.05) is 47.3 Å². The summed E-state index contributed by atoms with van der Waals surface area (Å²) < 4.78 is 56.4. The molecule has 0 amide bonds. The molecule has 2 N–H and O–H groups in total. The van der Waals surface area contributed by atoms with E-state index in [0.717, 1.165) is 37.6 Å². The molecule has 0 bridgehead atoms. The van der Waals surface area contributed by atoms with Crippen LogP contribution in [-0.2, 0) is 6.18 Å². The molecule has 3 heterocycles. The number of piperidine rings is 1. The second kappa shape index (κ2) is 13.1. The minimum absolute atomic E-state index is 0.0608. The van der Waals surface area contributed by atoms with E-state index >= 15 is 0 Å². The summed E-state index contributed by atoms with van der Waals surface area (Å²) in [6.45, 7) is 8.58. The quantitative estimate of drug-likeness (QED) is 0.166. The average molecular weight is 677 g/mol. The van der Waals surface area contributed by atoms with E-state index in [1.165, 1.54) is 12.3 Å². The van der Waals surface area contributed by atoms with E-state index in [-0.39, 0.29) is 28.5 Å². The third kappa shape index (κ3) is 6.93. The Hall–Kier alpha value is -4.73. The minimum Gasteiger partial charge on any atom is -0.371 e. The number of benzene rings is 3. The molecule has 1 aliphatic rings. The van der Waals surface area contributed by atoms with Gasteiger partial charge in [-0.25, -0.2) is 9.07 Å². The molecule has 0 aliphatic carbocycles. The number of fused-ring (bicyclic) bond motifs is 1. The van der Waals surface area contributed by atoms with Gasteiger partial charge in [0.1, 0.15) is 17.6 Å². The fourth-order valence-electron chi connectivity index (χ4n) is 6.09. The Kier molecular flexibility index (Phi) is 9.02. The smallest absolute Gasteiger partial charge is 0.371 e. The fourth-order valence-corrected chi connectivity index (χ4v) is 6.31. The van der Waals surface area contributed by atoms with Crippen LogP contribution in [0, 0.1) is 17.1 Å². The predicted molar refractivity (Wildman–Crippen MR) is 178 cm³/mol. The molecule has 3 aromatic carbocycles. The highest BCUT2D eigenvalue weighted by Gasteiger charge is 2.34. The second-order valence-corrected chi connectivity index (χ2v) is 13.3. The Morgan fingerprint density at radius 3 is 2.42 bits per heavy atom. The number of alkyl halides is 3. The maximum absolute atomic E-state index is 14.0. The Labute approximate surface area is 280 Å². The molecule has 1 aliphatic heterocycles. The standard InChI is InChI=1S/C35H33ClF4N8/c1-34(2,3)47-13-11-25(12-14-47)48-20-30(45-46-48)32(21-7-5-4-6-8-21)44-29-16-23(36)15-26-31(22(18-41)19-42-33(26)29)43-24-9-10-28(37)27(17-24)35(38,39)40/h4-10,15-17,19-20,25,32,44H,11-14H2,1-3H3,(H,42,43)/t32-/m0/s1. The van der Waals surface area contributed by atoms with Gasteiger partial charge in [0.05, 0.1) is 46.3 Å². The van der Waals surface area contributed by atoms with Gasteiger partial charge in [-0.05, 0) is 69.5 Å². The average Bonchev–Trinajstić information content (AvgIpc) is 3.54. The van der Waals surface area contributed by atoms with Crippen molar-refractivity contribution in [3.8, 4) is 6.07 Å². The number of nitrogens with zero attached hydrogens (tertiary/aromatic N) is 6. The van der Waals surface area contributed by atoms with Gasteiger partial charge >= 0.3 is 6.18 Å². The summed E-state index contributed by atoms with van der Waals surface area (Å²) >= 11 is 6.61. The molecule has 8 nitrogen and oxygen atoms in total. The van der Waals surface area contributed by atoms with Crippen molar-refractivity contribution in [3.05, 3.63) is 106 Å². The van der Waals surface area contributed by atoms with Crippen molar-refractivity contribution in [3.63, 3.8) is 0 Å². The second-order valence-electron chi connectivity index (χ2n) is 12.8. The van der Waals surface area contributed by atoms with Crippen molar-refractivity contribution < 1.29 is 17.6 Å².